The van der Waals surface area contributed by atoms with Crippen LogP contribution < -0.4 is 10.6 Å². The van der Waals surface area contributed by atoms with E-state index in [2.05, 4.69) is 41.0 Å². The smallest absolute Gasteiger partial charge is 0.248 e. The number of carbonyl (C=O) groups is 3. The van der Waals surface area contributed by atoms with E-state index in [1.54, 1.807) is 30.2 Å². The Labute approximate surface area is 245 Å². The molecule has 0 bridgehead atoms. The summed E-state index contributed by atoms with van der Waals surface area (Å²) in [4.78, 5) is 48.4. The molecule has 3 heterocycles. The number of likely N-dealkylation sites (N-methyl/N-ethyl adjacent to an activating group) is 1. The van der Waals surface area contributed by atoms with Gasteiger partial charge in [-0.25, -0.2) is 4.98 Å². The van der Waals surface area contributed by atoms with Crippen molar-refractivity contribution in [2.75, 3.05) is 40.4 Å². The minimum absolute atomic E-state index is 0.0487. The average Bonchev–Trinajstić information content (AvgIpc) is 3.67. The maximum Gasteiger partial charge on any atom is 0.248 e. The van der Waals surface area contributed by atoms with Crippen LogP contribution in [0, 0.1) is 5.92 Å². The van der Waals surface area contributed by atoms with Crippen LogP contribution in [-0.4, -0.2) is 85.0 Å². The largest absolute Gasteiger partial charge is 0.375 e. The first-order valence-electron chi connectivity index (χ1n) is 14.4. The fraction of sp³-hybridized carbons (Fsp3) is 0.484. The van der Waals surface area contributed by atoms with Crippen molar-refractivity contribution in [3.05, 3.63) is 53.5 Å². The molecular formula is C31H39N5O4S. The molecule has 9 nitrogen and oxygen atoms in total. The van der Waals surface area contributed by atoms with Gasteiger partial charge >= 0.3 is 0 Å². The van der Waals surface area contributed by atoms with Gasteiger partial charge < -0.3 is 25.2 Å². The number of ether oxygens (including phenoxy) is 1. The summed E-state index contributed by atoms with van der Waals surface area (Å²) in [5.74, 6) is -0.379. The van der Waals surface area contributed by atoms with Crippen LogP contribution in [-0.2, 0) is 19.1 Å². The molecule has 0 spiro atoms. The van der Waals surface area contributed by atoms with Crippen molar-refractivity contribution < 1.29 is 19.1 Å². The number of amides is 3. The fourth-order valence-corrected chi connectivity index (χ4v) is 7.05. The molecular weight excluding hydrogens is 538 g/mol. The van der Waals surface area contributed by atoms with Crippen LogP contribution in [0.4, 0.5) is 0 Å². The van der Waals surface area contributed by atoms with Gasteiger partial charge in [0.15, 0.2) is 0 Å². The molecule has 5 rings (SSSR count). The number of nitrogens with zero attached hydrogens (tertiary/aromatic N) is 3. The zero-order valence-corrected chi connectivity index (χ0v) is 24.8. The van der Waals surface area contributed by atoms with Crippen molar-refractivity contribution in [3.8, 4) is 11.1 Å². The summed E-state index contributed by atoms with van der Waals surface area (Å²) in [5, 5.41) is 6.98. The van der Waals surface area contributed by atoms with E-state index in [9.17, 15) is 14.4 Å². The molecule has 1 unspecified atom stereocenters. The standard InChI is InChI=1S/C31H39N5O4S/c1-20(32-2)29(38)33-27(22-14-17-35(18-15-22)26(37)19-40-3)31(39)36-16-8-12-24(36)30-34-28-23(11-7-13-25(28)41-30)21-9-5-4-6-10-21/h4-7,9-11,13,20,22,24,27,32H,8,12,14-19H2,1-3H3,(H,33,38)/t20-,24-,27?/m0/s1. The second-order valence-electron chi connectivity index (χ2n) is 10.9. The molecule has 2 aliphatic heterocycles. The highest BCUT2D eigenvalue weighted by Crippen LogP contribution is 2.40. The Morgan fingerprint density at radius 2 is 1.80 bits per heavy atom. The van der Waals surface area contributed by atoms with Gasteiger partial charge in [0.05, 0.1) is 22.3 Å². The number of piperidine rings is 1. The minimum Gasteiger partial charge on any atom is -0.375 e. The first-order chi connectivity index (χ1) is 19.9. The number of hydrogen-bond acceptors (Lipinski definition) is 7. The van der Waals surface area contributed by atoms with E-state index in [-0.39, 0.29) is 36.3 Å². The first-order valence-corrected chi connectivity index (χ1v) is 15.2. The van der Waals surface area contributed by atoms with Crippen molar-refractivity contribution in [1.29, 1.82) is 0 Å². The van der Waals surface area contributed by atoms with Gasteiger partial charge in [0.25, 0.3) is 0 Å². The summed E-state index contributed by atoms with van der Waals surface area (Å²) in [5.41, 5.74) is 3.16. The van der Waals surface area contributed by atoms with E-state index in [1.807, 2.05) is 23.1 Å². The van der Waals surface area contributed by atoms with E-state index >= 15 is 0 Å². The van der Waals surface area contributed by atoms with Gasteiger partial charge in [-0.1, -0.05) is 42.5 Å². The second-order valence-corrected chi connectivity index (χ2v) is 12.0. The van der Waals surface area contributed by atoms with Gasteiger partial charge in [-0.05, 0) is 57.2 Å². The highest BCUT2D eigenvalue weighted by Gasteiger charge is 2.41. The highest BCUT2D eigenvalue weighted by molar-refractivity contribution is 7.18. The normalized spacial score (nSPS) is 19.3. The van der Waals surface area contributed by atoms with Crippen LogP contribution in [0.3, 0.4) is 0 Å². The van der Waals surface area contributed by atoms with E-state index < -0.39 is 12.1 Å². The zero-order valence-electron chi connectivity index (χ0n) is 24.0. The molecule has 41 heavy (non-hydrogen) atoms. The molecule has 2 aromatic carbocycles. The number of methoxy groups -OCH3 is 1. The molecule has 3 amide bonds. The summed E-state index contributed by atoms with van der Waals surface area (Å²) < 4.78 is 6.11. The fourth-order valence-electron chi connectivity index (χ4n) is 5.91. The number of carbonyl (C=O) groups excluding carboxylic acids is 3. The molecule has 0 aliphatic carbocycles. The maximum atomic E-state index is 14.3. The first kappa shape index (κ1) is 29.2. The number of rotatable bonds is 9. The quantitative estimate of drug-likeness (QED) is 0.403. The molecule has 2 N–H and O–H groups in total. The summed E-state index contributed by atoms with van der Waals surface area (Å²) in [7, 11) is 3.24. The third-order valence-electron chi connectivity index (χ3n) is 8.36. The van der Waals surface area contributed by atoms with Crippen LogP contribution in [0.1, 0.15) is 43.7 Å². The molecule has 10 heteroatoms. The third kappa shape index (κ3) is 6.29. The lowest BCUT2D eigenvalue weighted by atomic mass is 9.88. The zero-order chi connectivity index (χ0) is 28.9. The van der Waals surface area contributed by atoms with Gasteiger partial charge in [-0.3, -0.25) is 14.4 Å². The van der Waals surface area contributed by atoms with Crippen molar-refractivity contribution >= 4 is 39.3 Å². The lowest BCUT2D eigenvalue weighted by Crippen LogP contribution is -2.57. The number of aromatic nitrogens is 1. The van der Waals surface area contributed by atoms with Gasteiger partial charge in [0, 0.05) is 32.3 Å². The van der Waals surface area contributed by atoms with E-state index in [4.69, 9.17) is 9.72 Å². The SMILES string of the molecule is CN[C@@H](C)C(=O)NC(C(=O)N1CCC[C@H]1c1nc2c(-c3ccccc3)cccc2s1)C1CCN(C(=O)COC)CC1. The van der Waals surface area contributed by atoms with Crippen LogP contribution >= 0.6 is 11.3 Å². The Bertz CT molecular complexity index is 1370. The summed E-state index contributed by atoms with van der Waals surface area (Å²) in [6.07, 6.45) is 3.00. The number of hydrogen-bond donors (Lipinski definition) is 2. The van der Waals surface area contributed by atoms with Crippen molar-refractivity contribution in [3.63, 3.8) is 0 Å². The van der Waals surface area contributed by atoms with Crippen molar-refractivity contribution in [2.45, 2.75) is 50.7 Å². The molecule has 218 valence electrons. The van der Waals surface area contributed by atoms with E-state index in [0.717, 1.165) is 39.2 Å². The Hall–Kier alpha value is -3.34. The average molecular weight is 578 g/mol. The molecule has 0 saturated carbocycles. The topological polar surface area (TPSA) is 104 Å². The Kier molecular flexibility index (Phi) is 9.32. The van der Waals surface area contributed by atoms with Crippen molar-refractivity contribution in [1.82, 2.24) is 25.4 Å². The predicted octanol–water partition coefficient (Wildman–Crippen LogP) is 3.60. The maximum absolute atomic E-state index is 14.3. The number of benzene rings is 2. The second kappa shape index (κ2) is 13.1. The number of likely N-dealkylation sites (tertiary alicyclic amines) is 2. The summed E-state index contributed by atoms with van der Waals surface area (Å²) in [6, 6.07) is 15.3. The van der Waals surface area contributed by atoms with Crippen LogP contribution in [0.2, 0.25) is 0 Å². The van der Waals surface area contributed by atoms with Gasteiger partial charge in [-0.2, -0.15) is 0 Å². The Balaban J connectivity index is 1.39. The molecule has 1 aromatic heterocycles. The molecule has 3 aromatic rings. The molecule has 2 fully saturated rings. The molecule has 2 aliphatic rings. The number of nitrogens with one attached hydrogen (secondary N) is 2. The van der Waals surface area contributed by atoms with Gasteiger partial charge in [0.2, 0.25) is 17.7 Å². The monoisotopic (exact) mass is 577 g/mol. The van der Waals surface area contributed by atoms with Gasteiger partial charge in [0.1, 0.15) is 17.7 Å². The Morgan fingerprint density at radius 1 is 1.05 bits per heavy atom. The third-order valence-corrected chi connectivity index (χ3v) is 9.48. The molecule has 3 atom stereocenters. The van der Waals surface area contributed by atoms with Crippen molar-refractivity contribution in [2.24, 2.45) is 5.92 Å². The minimum atomic E-state index is -0.659. The molecule has 0 radical (unpaired) electrons. The number of fused-ring (bicyclic) bond motifs is 1. The highest BCUT2D eigenvalue weighted by atomic mass is 32.1. The summed E-state index contributed by atoms with van der Waals surface area (Å²) in [6.45, 7) is 3.54. The van der Waals surface area contributed by atoms with Crippen LogP contribution in [0.5, 0.6) is 0 Å². The van der Waals surface area contributed by atoms with Crippen LogP contribution in [0.25, 0.3) is 21.3 Å². The van der Waals surface area contributed by atoms with Crippen LogP contribution in [0.15, 0.2) is 48.5 Å². The number of thiazole rings is 1. The van der Waals surface area contributed by atoms with Gasteiger partial charge in [-0.15, -0.1) is 11.3 Å². The lowest BCUT2D eigenvalue weighted by molar-refractivity contribution is -0.141. The molecule has 2 saturated heterocycles. The Morgan fingerprint density at radius 3 is 2.51 bits per heavy atom. The lowest BCUT2D eigenvalue weighted by Gasteiger charge is -2.38. The van der Waals surface area contributed by atoms with E-state index in [1.165, 1.54) is 7.11 Å². The van der Waals surface area contributed by atoms with E-state index in [0.29, 0.717) is 32.5 Å². The summed E-state index contributed by atoms with van der Waals surface area (Å²) >= 11 is 1.64. The number of para-hydroxylation sites is 1. The predicted molar refractivity (Wildman–Crippen MR) is 160 cm³/mol.